The highest BCUT2D eigenvalue weighted by Crippen LogP contribution is 2.40. The van der Waals surface area contributed by atoms with Crippen molar-refractivity contribution >= 4 is 32.9 Å². The van der Waals surface area contributed by atoms with Crippen LogP contribution in [0.2, 0.25) is 0 Å². The summed E-state index contributed by atoms with van der Waals surface area (Å²) < 4.78 is 12.3. The van der Waals surface area contributed by atoms with E-state index < -0.39 is 0 Å². The lowest BCUT2D eigenvalue weighted by Gasteiger charge is -2.14. The summed E-state index contributed by atoms with van der Waals surface area (Å²) in [5.74, 6) is 6.69. The number of fused-ring (bicyclic) bond motifs is 1. The van der Waals surface area contributed by atoms with Crippen molar-refractivity contribution in [3.63, 3.8) is 0 Å². The minimum Gasteiger partial charge on any atom is -0.493 e. The van der Waals surface area contributed by atoms with E-state index in [1.165, 1.54) is 0 Å². The zero-order chi connectivity index (χ0) is 21.1. The molecule has 0 spiro atoms. The van der Waals surface area contributed by atoms with Gasteiger partial charge in [0, 0.05) is 11.1 Å². The number of benzene rings is 3. The van der Waals surface area contributed by atoms with Crippen molar-refractivity contribution in [2.24, 2.45) is 5.84 Å². The van der Waals surface area contributed by atoms with E-state index in [0.29, 0.717) is 29.5 Å². The van der Waals surface area contributed by atoms with Gasteiger partial charge < -0.3 is 14.5 Å². The van der Waals surface area contributed by atoms with E-state index in [1.807, 2.05) is 42.5 Å². The molecule has 0 fully saturated rings. The number of nitrogens with zero attached hydrogens (tertiary/aromatic N) is 1. The van der Waals surface area contributed by atoms with Gasteiger partial charge in [-0.15, -0.1) is 0 Å². The van der Waals surface area contributed by atoms with E-state index in [2.05, 4.69) is 31.3 Å². The summed E-state index contributed by atoms with van der Waals surface area (Å²) in [6.07, 6.45) is 0. The number of halogens is 1. The van der Waals surface area contributed by atoms with Crippen molar-refractivity contribution in [3.8, 4) is 22.9 Å². The lowest BCUT2D eigenvalue weighted by molar-refractivity contribution is 0.0954. The number of nitrogens with two attached hydrogens (primary N) is 1. The summed E-state index contributed by atoms with van der Waals surface area (Å²) in [7, 11) is 1.59. The minimum absolute atomic E-state index is 0.364. The van der Waals surface area contributed by atoms with Gasteiger partial charge in [0.05, 0.1) is 22.6 Å². The molecule has 0 radical (unpaired) electrons. The Morgan fingerprint density at radius 3 is 2.70 bits per heavy atom. The highest BCUT2D eigenvalue weighted by Gasteiger charge is 2.16. The normalized spacial score (nSPS) is 10.8. The summed E-state index contributed by atoms with van der Waals surface area (Å²) in [4.78, 5) is 19.6. The number of nitrogens with one attached hydrogen (secondary N) is 2. The zero-order valence-corrected chi connectivity index (χ0v) is 17.7. The second kappa shape index (κ2) is 8.56. The Kier molecular flexibility index (Phi) is 5.69. The highest BCUT2D eigenvalue weighted by molar-refractivity contribution is 9.10. The Balaban J connectivity index is 1.66. The number of hydrogen-bond acceptors (Lipinski definition) is 5. The smallest absolute Gasteiger partial charge is 0.265 e. The number of imidazole rings is 1. The van der Waals surface area contributed by atoms with E-state index >= 15 is 0 Å². The maximum atomic E-state index is 11.8. The number of nitrogen functional groups attached to an aromatic ring is 1. The standard InChI is InChI=1S/C22H19BrN4O3/c1-29-19-11-15(9-16(23)20(19)30-12-13-5-3-2-4-6-13)21-25-17-8-7-14(22(28)27-24)10-18(17)26-21/h2-11H,12,24H2,1H3,(H,25,26)(H,27,28). The van der Waals surface area contributed by atoms with Crippen LogP contribution in [0, 0.1) is 0 Å². The molecule has 4 aromatic rings. The maximum absolute atomic E-state index is 11.8. The fourth-order valence-corrected chi connectivity index (χ4v) is 3.65. The monoisotopic (exact) mass is 466 g/mol. The first kappa shape index (κ1) is 19.9. The number of aromatic amines is 1. The van der Waals surface area contributed by atoms with E-state index in [4.69, 9.17) is 15.3 Å². The summed E-state index contributed by atoms with van der Waals surface area (Å²) in [6, 6.07) is 18.8. The van der Waals surface area contributed by atoms with E-state index in [9.17, 15) is 4.79 Å². The van der Waals surface area contributed by atoms with Crippen LogP contribution in [0.25, 0.3) is 22.4 Å². The predicted octanol–water partition coefficient (Wildman–Crippen LogP) is 4.18. The number of ether oxygens (including phenoxy) is 2. The summed E-state index contributed by atoms with van der Waals surface area (Å²) in [5, 5.41) is 0. The van der Waals surface area contributed by atoms with Crippen LogP contribution in [-0.4, -0.2) is 23.0 Å². The molecule has 4 N–H and O–H groups in total. The lowest BCUT2D eigenvalue weighted by Crippen LogP contribution is -2.29. The van der Waals surface area contributed by atoms with Crippen molar-refractivity contribution in [2.45, 2.75) is 6.61 Å². The van der Waals surface area contributed by atoms with E-state index in [0.717, 1.165) is 26.6 Å². The van der Waals surface area contributed by atoms with Crippen molar-refractivity contribution in [1.82, 2.24) is 15.4 Å². The van der Waals surface area contributed by atoms with Gasteiger partial charge >= 0.3 is 0 Å². The number of hydrazine groups is 1. The van der Waals surface area contributed by atoms with Crippen LogP contribution in [0.1, 0.15) is 15.9 Å². The molecule has 3 aromatic carbocycles. The van der Waals surface area contributed by atoms with Gasteiger partial charge in [-0.1, -0.05) is 30.3 Å². The summed E-state index contributed by atoms with van der Waals surface area (Å²) in [6.45, 7) is 0.422. The first-order valence-electron chi connectivity index (χ1n) is 9.14. The SMILES string of the molecule is COc1cc(-c2nc3ccc(C(=O)NN)cc3[nH]2)cc(Br)c1OCc1ccccc1. The Labute approximate surface area is 181 Å². The quantitative estimate of drug-likeness (QED) is 0.224. The average Bonchev–Trinajstić information content (AvgIpc) is 3.21. The molecule has 1 amide bonds. The molecule has 0 saturated heterocycles. The molecule has 1 heterocycles. The topological polar surface area (TPSA) is 102 Å². The van der Waals surface area contributed by atoms with Crippen LogP contribution < -0.4 is 20.7 Å². The number of methoxy groups -OCH3 is 1. The third kappa shape index (κ3) is 4.00. The Hall–Kier alpha value is -3.36. The molecule has 0 atom stereocenters. The van der Waals surface area contributed by atoms with Crippen LogP contribution in [-0.2, 0) is 6.61 Å². The van der Waals surface area contributed by atoms with Gasteiger partial charge in [0.1, 0.15) is 12.4 Å². The lowest BCUT2D eigenvalue weighted by atomic mass is 10.2. The highest BCUT2D eigenvalue weighted by atomic mass is 79.9. The second-order valence-electron chi connectivity index (χ2n) is 6.55. The number of amides is 1. The Morgan fingerprint density at radius 2 is 1.97 bits per heavy atom. The zero-order valence-electron chi connectivity index (χ0n) is 16.1. The number of carbonyl (C=O) groups excluding carboxylic acids is 1. The number of H-pyrrole nitrogens is 1. The fourth-order valence-electron chi connectivity index (χ4n) is 3.10. The number of rotatable bonds is 6. The first-order chi connectivity index (χ1) is 14.6. The first-order valence-corrected chi connectivity index (χ1v) is 9.93. The van der Waals surface area contributed by atoms with Crippen LogP contribution in [0.4, 0.5) is 0 Å². The second-order valence-corrected chi connectivity index (χ2v) is 7.41. The van der Waals surface area contributed by atoms with Crippen molar-refractivity contribution < 1.29 is 14.3 Å². The number of carbonyl (C=O) groups is 1. The molecule has 7 nitrogen and oxygen atoms in total. The minimum atomic E-state index is -0.364. The van der Waals surface area contributed by atoms with Gasteiger partial charge in [0.2, 0.25) is 0 Å². The van der Waals surface area contributed by atoms with Crippen molar-refractivity contribution in [3.05, 3.63) is 76.3 Å². The predicted molar refractivity (Wildman–Crippen MR) is 118 cm³/mol. The third-order valence-electron chi connectivity index (χ3n) is 4.60. The van der Waals surface area contributed by atoms with Gasteiger partial charge in [-0.05, 0) is 51.8 Å². The molecule has 8 heteroatoms. The molecule has 0 aliphatic rings. The van der Waals surface area contributed by atoms with Gasteiger partial charge in [0.25, 0.3) is 5.91 Å². The van der Waals surface area contributed by atoms with Gasteiger partial charge in [-0.3, -0.25) is 10.2 Å². The molecule has 4 rings (SSSR count). The van der Waals surface area contributed by atoms with Crippen molar-refractivity contribution in [1.29, 1.82) is 0 Å². The van der Waals surface area contributed by atoms with Crippen LogP contribution in [0.3, 0.4) is 0 Å². The molecule has 30 heavy (non-hydrogen) atoms. The molecule has 0 saturated carbocycles. The van der Waals surface area contributed by atoms with Gasteiger partial charge in [-0.2, -0.15) is 0 Å². The average molecular weight is 467 g/mol. The fraction of sp³-hybridized carbons (Fsp3) is 0.0909. The molecular weight excluding hydrogens is 448 g/mol. The van der Waals surface area contributed by atoms with Gasteiger partial charge in [0.15, 0.2) is 11.5 Å². The molecule has 152 valence electrons. The van der Waals surface area contributed by atoms with Crippen LogP contribution >= 0.6 is 15.9 Å². The maximum Gasteiger partial charge on any atom is 0.265 e. The largest absolute Gasteiger partial charge is 0.493 e. The summed E-state index contributed by atoms with van der Waals surface area (Å²) >= 11 is 3.58. The van der Waals surface area contributed by atoms with Crippen LogP contribution in [0.15, 0.2) is 65.1 Å². The molecule has 0 bridgehead atoms. The molecule has 0 unspecified atom stereocenters. The molecule has 1 aromatic heterocycles. The third-order valence-corrected chi connectivity index (χ3v) is 5.19. The van der Waals surface area contributed by atoms with E-state index in [-0.39, 0.29) is 5.91 Å². The van der Waals surface area contributed by atoms with Gasteiger partial charge in [-0.25, -0.2) is 10.8 Å². The Morgan fingerprint density at radius 1 is 1.17 bits per heavy atom. The molecular formula is C22H19BrN4O3. The summed E-state index contributed by atoms with van der Waals surface area (Å²) in [5.41, 5.74) is 5.91. The number of aromatic nitrogens is 2. The number of hydrogen-bond donors (Lipinski definition) is 3. The van der Waals surface area contributed by atoms with E-state index in [1.54, 1.807) is 25.3 Å². The van der Waals surface area contributed by atoms with Crippen molar-refractivity contribution in [2.75, 3.05) is 7.11 Å². The Bertz CT molecular complexity index is 1210. The molecule has 0 aliphatic carbocycles. The van der Waals surface area contributed by atoms with Crippen LogP contribution in [0.5, 0.6) is 11.5 Å². The molecule has 0 aliphatic heterocycles.